The lowest BCUT2D eigenvalue weighted by Gasteiger charge is -2.14. The van der Waals surface area contributed by atoms with Gasteiger partial charge in [-0.15, -0.1) is 0 Å². The van der Waals surface area contributed by atoms with E-state index in [1.54, 1.807) is 0 Å². The standard InChI is InChI=1S/C23H18/c1-14-7-8-15(2)21-19(14)12-11-16-9-10-18-13-17-5-3-4-6-20(17)22(18)23(16)21/h3-12H,13H2,1-2H3. The van der Waals surface area contributed by atoms with Crippen molar-refractivity contribution in [3.63, 3.8) is 0 Å². The lowest BCUT2D eigenvalue weighted by molar-refractivity contribution is 1.27. The van der Waals surface area contributed by atoms with E-state index in [0.717, 1.165) is 6.42 Å². The van der Waals surface area contributed by atoms with E-state index in [1.165, 1.54) is 54.9 Å². The first-order valence-electron chi connectivity index (χ1n) is 8.27. The molecule has 110 valence electrons. The van der Waals surface area contributed by atoms with Crippen LogP contribution in [0.1, 0.15) is 22.3 Å². The van der Waals surface area contributed by atoms with Crippen molar-refractivity contribution in [2.75, 3.05) is 0 Å². The highest BCUT2D eigenvalue weighted by Gasteiger charge is 2.21. The molecule has 0 aliphatic heterocycles. The Hall–Kier alpha value is -2.60. The Kier molecular flexibility index (Phi) is 2.50. The van der Waals surface area contributed by atoms with Gasteiger partial charge in [0.15, 0.2) is 0 Å². The van der Waals surface area contributed by atoms with Crippen LogP contribution in [-0.4, -0.2) is 0 Å². The summed E-state index contributed by atoms with van der Waals surface area (Å²) in [5.41, 5.74) is 8.52. The van der Waals surface area contributed by atoms with Crippen LogP contribution in [0, 0.1) is 13.8 Å². The zero-order valence-corrected chi connectivity index (χ0v) is 13.5. The quantitative estimate of drug-likeness (QED) is 0.299. The normalized spacial score (nSPS) is 12.6. The highest BCUT2D eigenvalue weighted by Crippen LogP contribution is 2.44. The van der Waals surface area contributed by atoms with Crippen molar-refractivity contribution in [3.05, 3.63) is 82.9 Å². The molecule has 0 aromatic heterocycles. The molecular formula is C23H18. The molecule has 4 aromatic rings. The molecule has 1 aliphatic carbocycles. The van der Waals surface area contributed by atoms with Crippen molar-refractivity contribution in [1.29, 1.82) is 0 Å². The molecule has 0 saturated heterocycles. The molecule has 23 heavy (non-hydrogen) atoms. The van der Waals surface area contributed by atoms with Gasteiger partial charge in [-0.1, -0.05) is 60.7 Å². The first kappa shape index (κ1) is 12.9. The molecule has 1 aliphatic rings. The van der Waals surface area contributed by atoms with Gasteiger partial charge in [0, 0.05) is 0 Å². The molecule has 4 aromatic carbocycles. The number of benzene rings is 4. The second-order valence-corrected chi connectivity index (χ2v) is 6.72. The molecule has 0 unspecified atom stereocenters. The number of rotatable bonds is 0. The highest BCUT2D eigenvalue weighted by molar-refractivity contribution is 6.17. The average molecular weight is 294 g/mol. The minimum absolute atomic E-state index is 1.06. The molecular weight excluding hydrogens is 276 g/mol. The van der Waals surface area contributed by atoms with Gasteiger partial charge in [-0.05, 0) is 75.2 Å². The zero-order valence-electron chi connectivity index (χ0n) is 13.5. The first-order valence-corrected chi connectivity index (χ1v) is 8.27. The average Bonchev–Trinajstić information content (AvgIpc) is 2.96. The fourth-order valence-corrected chi connectivity index (χ4v) is 4.20. The topological polar surface area (TPSA) is 0 Å². The Labute approximate surface area is 136 Å². The minimum atomic E-state index is 1.06. The van der Waals surface area contributed by atoms with Gasteiger partial charge in [0.1, 0.15) is 0 Å². The SMILES string of the molecule is Cc1ccc(C)c2c1ccc1ccc3c(c12)-c1ccccc1C3. The maximum atomic E-state index is 2.31. The van der Waals surface area contributed by atoms with Crippen LogP contribution in [0.4, 0.5) is 0 Å². The highest BCUT2D eigenvalue weighted by atomic mass is 14.2. The van der Waals surface area contributed by atoms with Gasteiger partial charge in [-0.3, -0.25) is 0 Å². The molecule has 0 fully saturated rings. The molecule has 0 radical (unpaired) electrons. The van der Waals surface area contributed by atoms with E-state index in [4.69, 9.17) is 0 Å². The molecule has 0 spiro atoms. The molecule has 0 bridgehead atoms. The number of aryl methyl sites for hydroxylation is 2. The summed E-state index contributed by atoms with van der Waals surface area (Å²) in [5.74, 6) is 0. The zero-order chi connectivity index (χ0) is 15.6. The summed E-state index contributed by atoms with van der Waals surface area (Å²) in [7, 11) is 0. The number of fused-ring (bicyclic) bond motifs is 7. The first-order chi connectivity index (χ1) is 11.2. The molecule has 0 N–H and O–H groups in total. The second kappa shape index (κ2) is 4.45. The third-order valence-electron chi connectivity index (χ3n) is 5.34. The Morgan fingerprint density at radius 1 is 0.652 bits per heavy atom. The van der Waals surface area contributed by atoms with Crippen LogP contribution < -0.4 is 0 Å². The summed E-state index contributed by atoms with van der Waals surface area (Å²) in [6, 6.07) is 22.5. The molecule has 0 nitrogen and oxygen atoms in total. The lowest BCUT2D eigenvalue weighted by atomic mass is 9.90. The van der Waals surface area contributed by atoms with Gasteiger partial charge in [0.05, 0.1) is 0 Å². The smallest absolute Gasteiger partial charge is 0.00132 e. The van der Waals surface area contributed by atoms with E-state index < -0.39 is 0 Å². The van der Waals surface area contributed by atoms with Crippen molar-refractivity contribution in [2.45, 2.75) is 20.3 Å². The van der Waals surface area contributed by atoms with E-state index in [2.05, 4.69) is 74.5 Å². The molecule has 5 rings (SSSR count). The molecule has 0 saturated carbocycles. The predicted molar refractivity (Wildman–Crippen MR) is 99.2 cm³/mol. The maximum Gasteiger partial charge on any atom is -0.00132 e. The van der Waals surface area contributed by atoms with E-state index >= 15 is 0 Å². The summed E-state index contributed by atoms with van der Waals surface area (Å²) in [6.45, 7) is 4.45. The largest absolute Gasteiger partial charge is 0.0619 e. The summed E-state index contributed by atoms with van der Waals surface area (Å²) in [4.78, 5) is 0. The lowest BCUT2D eigenvalue weighted by Crippen LogP contribution is -1.89. The predicted octanol–water partition coefficient (Wildman–Crippen LogP) is 6.18. The van der Waals surface area contributed by atoms with Crippen LogP contribution >= 0.6 is 0 Å². The fourth-order valence-electron chi connectivity index (χ4n) is 4.20. The second-order valence-electron chi connectivity index (χ2n) is 6.72. The van der Waals surface area contributed by atoms with Crippen LogP contribution in [0.15, 0.2) is 60.7 Å². The van der Waals surface area contributed by atoms with Gasteiger partial charge in [0.25, 0.3) is 0 Å². The van der Waals surface area contributed by atoms with Crippen molar-refractivity contribution < 1.29 is 0 Å². The number of hydrogen-bond donors (Lipinski definition) is 0. The minimum Gasteiger partial charge on any atom is -0.0619 e. The Bertz CT molecular complexity index is 1100. The Balaban J connectivity index is 2.07. The fraction of sp³-hybridized carbons (Fsp3) is 0.130. The van der Waals surface area contributed by atoms with Crippen LogP contribution in [0.2, 0.25) is 0 Å². The third kappa shape index (κ3) is 1.66. The van der Waals surface area contributed by atoms with Gasteiger partial charge in [0.2, 0.25) is 0 Å². The molecule has 0 amide bonds. The van der Waals surface area contributed by atoms with Crippen molar-refractivity contribution in [2.24, 2.45) is 0 Å². The number of hydrogen-bond acceptors (Lipinski definition) is 0. The summed E-state index contributed by atoms with van der Waals surface area (Å²) >= 11 is 0. The van der Waals surface area contributed by atoms with Crippen LogP contribution in [0.5, 0.6) is 0 Å². The van der Waals surface area contributed by atoms with Crippen LogP contribution in [0.25, 0.3) is 32.7 Å². The van der Waals surface area contributed by atoms with Crippen LogP contribution in [-0.2, 0) is 6.42 Å². The van der Waals surface area contributed by atoms with Gasteiger partial charge in [-0.2, -0.15) is 0 Å². The van der Waals surface area contributed by atoms with Crippen molar-refractivity contribution >= 4 is 21.5 Å². The monoisotopic (exact) mass is 294 g/mol. The molecule has 0 atom stereocenters. The van der Waals surface area contributed by atoms with E-state index in [9.17, 15) is 0 Å². The van der Waals surface area contributed by atoms with Crippen LogP contribution in [0.3, 0.4) is 0 Å². The van der Waals surface area contributed by atoms with Gasteiger partial charge >= 0.3 is 0 Å². The van der Waals surface area contributed by atoms with Crippen molar-refractivity contribution in [1.82, 2.24) is 0 Å². The van der Waals surface area contributed by atoms with Gasteiger partial charge < -0.3 is 0 Å². The van der Waals surface area contributed by atoms with Crippen molar-refractivity contribution in [3.8, 4) is 11.1 Å². The summed E-state index contributed by atoms with van der Waals surface area (Å²) in [6.07, 6.45) is 1.06. The Morgan fingerprint density at radius 2 is 1.43 bits per heavy atom. The molecule has 0 heterocycles. The Morgan fingerprint density at radius 3 is 2.35 bits per heavy atom. The maximum absolute atomic E-state index is 2.31. The van der Waals surface area contributed by atoms with E-state index in [1.807, 2.05) is 0 Å². The van der Waals surface area contributed by atoms with Gasteiger partial charge in [-0.25, -0.2) is 0 Å². The molecule has 0 heteroatoms. The third-order valence-corrected chi connectivity index (χ3v) is 5.34. The summed E-state index contributed by atoms with van der Waals surface area (Å²) < 4.78 is 0. The van der Waals surface area contributed by atoms with E-state index in [0.29, 0.717) is 0 Å². The van der Waals surface area contributed by atoms with E-state index in [-0.39, 0.29) is 0 Å². The summed E-state index contributed by atoms with van der Waals surface area (Å²) in [5, 5.41) is 5.60.